The largest absolute Gasteiger partial charge is 0.337 e. The molecule has 2 aliphatic rings. The molecule has 10 rings (SSSR count). The summed E-state index contributed by atoms with van der Waals surface area (Å²) < 4.78 is 2.58. The molecule has 232 valence electrons. The third kappa shape index (κ3) is 4.57. The monoisotopic (exact) mass is 627 g/mol. The smallest absolute Gasteiger partial charge is 0.0971 e. The van der Waals surface area contributed by atoms with E-state index in [0.29, 0.717) is 6.04 Å². The van der Waals surface area contributed by atoms with Crippen LogP contribution in [0.5, 0.6) is 0 Å². The highest BCUT2D eigenvalue weighted by atomic mass is 15.0. The van der Waals surface area contributed by atoms with Gasteiger partial charge in [-0.25, -0.2) is 0 Å². The molecule has 2 aromatic heterocycles. The summed E-state index contributed by atoms with van der Waals surface area (Å²) in [6, 6.07) is 42.4. The number of rotatable bonds is 4. The van der Waals surface area contributed by atoms with Gasteiger partial charge in [0, 0.05) is 45.3 Å². The lowest BCUT2D eigenvalue weighted by Crippen LogP contribution is -2.12. The highest BCUT2D eigenvalue weighted by Crippen LogP contribution is 2.39. The van der Waals surface area contributed by atoms with Crippen LogP contribution in [0, 0.1) is 0 Å². The fraction of sp³-hybridized carbons (Fsp3) is 0.0870. The van der Waals surface area contributed by atoms with Crippen molar-refractivity contribution >= 4 is 55.1 Å². The Balaban J connectivity index is 0.941. The summed E-state index contributed by atoms with van der Waals surface area (Å²) >= 11 is 0. The Morgan fingerprint density at radius 2 is 1.22 bits per heavy atom. The molecule has 3 nitrogen and oxygen atoms in total. The summed E-state index contributed by atoms with van der Waals surface area (Å²) in [6.07, 6.45) is 18.6. The van der Waals surface area contributed by atoms with Gasteiger partial charge in [-0.15, -0.1) is 0 Å². The van der Waals surface area contributed by atoms with Crippen LogP contribution in [0.15, 0.2) is 152 Å². The van der Waals surface area contributed by atoms with Crippen molar-refractivity contribution in [1.82, 2.24) is 14.5 Å². The van der Waals surface area contributed by atoms with Crippen LogP contribution in [0.3, 0.4) is 0 Å². The molecule has 0 spiro atoms. The first-order chi connectivity index (χ1) is 24.3. The number of hydrogen-bond donors (Lipinski definition) is 0. The van der Waals surface area contributed by atoms with E-state index in [1.54, 1.807) is 12.4 Å². The molecule has 0 saturated carbocycles. The minimum absolute atomic E-state index is 0.338. The highest BCUT2D eigenvalue weighted by Gasteiger charge is 2.22. The van der Waals surface area contributed by atoms with Gasteiger partial charge in [0.1, 0.15) is 0 Å². The van der Waals surface area contributed by atoms with Crippen LogP contribution in [0.4, 0.5) is 0 Å². The lowest BCUT2D eigenvalue weighted by molar-refractivity contribution is 0.600. The van der Waals surface area contributed by atoms with Crippen molar-refractivity contribution in [2.75, 3.05) is 0 Å². The molecule has 1 unspecified atom stereocenters. The van der Waals surface area contributed by atoms with Gasteiger partial charge >= 0.3 is 0 Å². The number of aromatic nitrogens is 3. The topological polar surface area (TPSA) is 30.7 Å². The summed E-state index contributed by atoms with van der Waals surface area (Å²) in [4.78, 5) is 9.50. The maximum atomic E-state index is 4.78. The second-order valence-electron chi connectivity index (χ2n) is 13.2. The van der Waals surface area contributed by atoms with E-state index >= 15 is 0 Å². The fourth-order valence-electron chi connectivity index (χ4n) is 8.14. The van der Waals surface area contributed by atoms with Crippen LogP contribution >= 0.6 is 0 Å². The van der Waals surface area contributed by atoms with Gasteiger partial charge in [0.25, 0.3) is 0 Å². The molecule has 2 heterocycles. The zero-order chi connectivity index (χ0) is 32.3. The number of benzene rings is 6. The third-order valence-corrected chi connectivity index (χ3v) is 10.5. The molecule has 0 bridgehead atoms. The maximum Gasteiger partial charge on any atom is 0.0971 e. The van der Waals surface area contributed by atoms with E-state index in [9.17, 15) is 0 Å². The van der Waals surface area contributed by atoms with Crippen LogP contribution < -0.4 is 0 Å². The number of nitrogens with zero attached hydrogens (tertiary/aromatic N) is 3. The predicted molar refractivity (Wildman–Crippen MR) is 205 cm³/mol. The summed E-state index contributed by atoms with van der Waals surface area (Å²) in [5.41, 5.74) is 13.4. The Kier molecular flexibility index (Phi) is 6.45. The summed E-state index contributed by atoms with van der Waals surface area (Å²) in [5.74, 6) is 0. The van der Waals surface area contributed by atoms with Crippen molar-refractivity contribution in [3.05, 3.63) is 169 Å². The quantitative estimate of drug-likeness (QED) is 0.182. The normalized spacial score (nSPS) is 15.7. The van der Waals surface area contributed by atoms with E-state index in [4.69, 9.17) is 9.97 Å². The Morgan fingerprint density at radius 1 is 0.551 bits per heavy atom. The maximum absolute atomic E-state index is 4.78. The van der Waals surface area contributed by atoms with Crippen LogP contribution in [0.2, 0.25) is 0 Å². The molecule has 0 N–H and O–H groups in total. The molecule has 6 aromatic carbocycles. The van der Waals surface area contributed by atoms with Crippen molar-refractivity contribution in [3.8, 4) is 22.3 Å². The lowest BCUT2D eigenvalue weighted by Gasteiger charge is -2.23. The van der Waals surface area contributed by atoms with Gasteiger partial charge in [0.2, 0.25) is 0 Å². The first-order valence-electron chi connectivity index (χ1n) is 17.2. The first kappa shape index (κ1) is 28.0. The van der Waals surface area contributed by atoms with Crippen molar-refractivity contribution in [2.45, 2.75) is 25.3 Å². The van der Waals surface area contributed by atoms with E-state index in [1.165, 1.54) is 66.3 Å². The van der Waals surface area contributed by atoms with E-state index in [1.807, 2.05) is 0 Å². The molecule has 8 aromatic rings. The number of para-hydroxylation sites is 1. The molecule has 0 radical (unpaired) electrons. The molecular formula is C46H33N3. The first-order valence-corrected chi connectivity index (χ1v) is 17.2. The number of hydrogen-bond acceptors (Lipinski definition) is 2. The molecule has 2 aliphatic carbocycles. The van der Waals surface area contributed by atoms with Gasteiger partial charge < -0.3 is 4.57 Å². The zero-order valence-corrected chi connectivity index (χ0v) is 27.1. The van der Waals surface area contributed by atoms with Crippen molar-refractivity contribution in [1.29, 1.82) is 0 Å². The van der Waals surface area contributed by atoms with Crippen molar-refractivity contribution in [2.24, 2.45) is 0 Å². The van der Waals surface area contributed by atoms with Gasteiger partial charge in [-0.05, 0) is 81.6 Å². The number of allylic oxidation sites excluding steroid dienone is 5. The van der Waals surface area contributed by atoms with Gasteiger partial charge in [-0.2, -0.15) is 0 Å². The second kappa shape index (κ2) is 11.3. The van der Waals surface area contributed by atoms with Crippen molar-refractivity contribution < 1.29 is 0 Å². The predicted octanol–water partition coefficient (Wildman–Crippen LogP) is 11.8. The highest BCUT2D eigenvalue weighted by molar-refractivity contribution is 6.23. The van der Waals surface area contributed by atoms with Crippen LogP contribution in [-0.4, -0.2) is 14.5 Å². The molecule has 0 saturated heterocycles. The molecule has 0 aliphatic heterocycles. The third-order valence-electron chi connectivity index (χ3n) is 10.5. The van der Waals surface area contributed by atoms with Crippen molar-refractivity contribution in [3.63, 3.8) is 0 Å². The van der Waals surface area contributed by atoms with E-state index < -0.39 is 0 Å². The van der Waals surface area contributed by atoms with Crippen LogP contribution in [-0.2, 0) is 6.42 Å². The van der Waals surface area contributed by atoms with Crippen LogP contribution in [0.25, 0.3) is 77.4 Å². The minimum atomic E-state index is 0.338. The Hall–Kier alpha value is -6.06. The molecular weight excluding hydrogens is 595 g/mol. The van der Waals surface area contributed by atoms with E-state index in [2.05, 4.69) is 150 Å². The Labute approximate surface area is 285 Å². The summed E-state index contributed by atoms with van der Waals surface area (Å²) in [7, 11) is 0. The molecule has 0 amide bonds. The Morgan fingerprint density at radius 3 is 2.04 bits per heavy atom. The van der Waals surface area contributed by atoms with Gasteiger partial charge in [0.15, 0.2) is 0 Å². The molecule has 49 heavy (non-hydrogen) atoms. The standard InChI is InChI=1S/C46H33N3/c1-2-13-41-37(10-1)38-25-22-35(29-42(38)46-45(41)47-26-27-48-46)34-9-7-8-33(28-34)32-18-16-30(17-19-32)31-20-23-36(24-21-31)49-43-14-5-3-11-39(43)40-12-4-6-15-44(40)49/h1-5,7-14,16-23,25-29,36H,6,15,24H2. The molecule has 0 fully saturated rings. The summed E-state index contributed by atoms with van der Waals surface area (Å²) in [5, 5.41) is 6.05. The second-order valence-corrected chi connectivity index (χ2v) is 13.2. The van der Waals surface area contributed by atoms with Gasteiger partial charge in [-0.3, -0.25) is 9.97 Å². The van der Waals surface area contributed by atoms with Gasteiger partial charge in [-0.1, -0.05) is 127 Å². The van der Waals surface area contributed by atoms with E-state index in [-0.39, 0.29) is 0 Å². The Bertz CT molecular complexity index is 2650. The average molecular weight is 628 g/mol. The molecule has 3 heteroatoms. The lowest BCUT2D eigenvalue weighted by atomic mass is 9.93. The summed E-state index contributed by atoms with van der Waals surface area (Å²) in [6.45, 7) is 0. The van der Waals surface area contributed by atoms with Crippen LogP contribution in [0.1, 0.15) is 35.7 Å². The van der Waals surface area contributed by atoms with Gasteiger partial charge in [0.05, 0.1) is 17.1 Å². The fourth-order valence-corrected chi connectivity index (χ4v) is 8.14. The SMILES string of the molecule is C1=Cc2c(n(C3C=CC(c4ccc(-c5cccc(-c6ccc7c8ccccc8c8nccnc8c7c6)c5)cc4)=CC3)c3ccccc23)CC1. The zero-order valence-electron chi connectivity index (χ0n) is 27.1. The average Bonchev–Trinajstić information content (AvgIpc) is 3.52. The minimum Gasteiger partial charge on any atom is -0.337 e. The molecule has 1 atom stereocenters. The number of fused-ring (bicyclic) bond motifs is 9. The van der Waals surface area contributed by atoms with E-state index in [0.717, 1.165) is 41.1 Å².